The van der Waals surface area contributed by atoms with E-state index in [1.807, 2.05) is 17.0 Å². The van der Waals surface area contributed by atoms with Crippen LogP contribution in [0.5, 0.6) is 0 Å². The molecule has 1 fully saturated rings. The third-order valence-corrected chi connectivity index (χ3v) is 3.18. The monoisotopic (exact) mass is 268 g/mol. The highest BCUT2D eigenvalue weighted by Crippen LogP contribution is 2.21. The van der Waals surface area contributed by atoms with Crippen LogP contribution in [0.4, 0.5) is 10.1 Å². The van der Waals surface area contributed by atoms with Crippen LogP contribution in [0.25, 0.3) is 0 Å². The van der Waals surface area contributed by atoms with Crippen LogP contribution >= 0.6 is 0 Å². The molecule has 1 aromatic carbocycles. The first-order valence-corrected chi connectivity index (χ1v) is 6.62. The minimum atomic E-state index is -0.159. The first kappa shape index (κ1) is 14.2. The van der Waals surface area contributed by atoms with Crippen molar-refractivity contribution in [3.05, 3.63) is 29.6 Å². The Hall–Kier alpha value is -1.17. The molecule has 0 unspecified atom stereocenters. The van der Waals surface area contributed by atoms with Gasteiger partial charge in [-0.1, -0.05) is 6.07 Å². The summed E-state index contributed by atoms with van der Waals surface area (Å²) in [4.78, 5) is 2.03. The lowest BCUT2D eigenvalue weighted by Gasteiger charge is -2.29. The fraction of sp³-hybridized carbons (Fsp3) is 0.571. The van der Waals surface area contributed by atoms with Crippen LogP contribution in [-0.4, -0.2) is 46.6 Å². The summed E-state index contributed by atoms with van der Waals surface area (Å²) >= 11 is 0. The van der Waals surface area contributed by atoms with Gasteiger partial charge in [-0.3, -0.25) is 0 Å². The summed E-state index contributed by atoms with van der Waals surface area (Å²) in [6, 6.07) is 5.42. The van der Waals surface area contributed by atoms with E-state index in [1.54, 1.807) is 13.2 Å². The SMILES string of the molecule is COCCNCc1ccc(N2CCOCC2)c(F)c1. The van der Waals surface area contributed by atoms with Gasteiger partial charge in [-0.05, 0) is 17.7 Å². The molecule has 1 aromatic rings. The third-order valence-electron chi connectivity index (χ3n) is 3.18. The second kappa shape index (κ2) is 7.43. The molecule has 0 bridgehead atoms. The van der Waals surface area contributed by atoms with Crippen molar-refractivity contribution in [2.24, 2.45) is 0 Å². The van der Waals surface area contributed by atoms with Gasteiger partial charge < -0.3 is 19.7 Å². The summed E-state index contributed by atoms with van der Waals surface area (Å²) in [6.07, 6.45) is 0. The molecule has 0 aromatic heterocycles. The Bertz CT molecular complexity index is 395. The van der Waals surface area contributed by atoms with Gasteiger partial charge in [-0.25, -0.2) is 4.39 Å². The van der Waals surface area contributed by atoms with Crippen LogP contribution in [0.3, 0.4) is 0 Å². The maximum absolute atomic E-state index is 14.1. The Morgan fingerprint density at radius 3 is 2.84 bits per heavy atom. The van der Waals surface area contributed by atoms with Crippen LogP contribution < -0.4 is 10.2 Å². The molecule has 0 radical (unpaired) electrons. The number of hydrogen-bond acceptors (Lipinski definition) is 4. The van der Waals surface area contributed by atoms with E-state index in [0.29, 0.717) is 32.1 Å². The second-order valence-corrected chi connectivity index (χ2v) is 4.55. The Labute approximate surface area is 113 Å². The van der Waals surface area contributed by atoms with Crippen molar-refractivity contribution in [3.63, 3.8) is 0 Å². The summed E-state index contributed by atoms with van der Waals surface area (Å²) in [5, 5.41) is 3.20. The number of rotatable bonds is 6. The number of halogens is 1. The van der Waals surface area contributed by atoms with Crippen molar-refractivity contribution in [1.82, 2.24) is 5.32 Å². The summed E-state index contributed by atoms with van der Waals surface area (Å²) in [5.41, 5.74) is 1.62. The van der Waals surface area contributed by atoms with E-state index >= 15 is 0 Å². The molecule has 1 N–H and O–H groups in total. The number of anilines is 1. The third kappa shape index (κ3) is 4.16. The van der Waals surface area contributed by atoms with E-state index in [1.165, 1.54) is 0 Å². The maximum Gasteiger partial charge on any atom is 0.146 e. The van der Waals surface area contributed by atoms with Crippen LogP contribution in [0, 0.1) is 5.82 Å². The molecule has 2 rings (SSSR count). The Balaban J connectivity index is 1.92. The van der Waals surface area contributed by atoms with Gasteiger partial charge >= 0.3 is 0 Å². The van der Waals surface area contributed by atoms with Gasteiger partial charge in [0.1, 0.15) is 5.82 Å². The minimum absolute atomic E-state index is 0.159. The lowest BCUT2D eigenvalue weighted by atomic mass is 10.1. The van der Waals surface area contributed by atoms with Crippen molar-refractivity contribution < 1.29 is 13.9 Å². The molecular weight excluding hydrogens is 247 g/mol. The molecule has 1 aliphatic rings. The van der Waals surface area contributed by atoms with E-state index < -0.39 is 0 Å². The molecule has 0 aliphatic carbocycles. The summed E-state index contributed by atoms with van der Waals surface area (Å²) in [5.74, 6) is -0.159. The van der Waals surface area contributed by atoms with E-state index in [0.717, 1.165) is 25.2 Å². The standard InChI is InChI=1S/C14H21FN2O2/c1-18-7-4-16-11-12-2-3-14(13(15)10-12)17-5-8-19-9-6-17/h2-3,10,16H,4-9,11H2,1H3. The number of ether oxygens (including phenoxy) is 2. The molecule has 5 heteroatoms. The van der Waals surface area contributed by atoms with Gasteiger partial charge in [-0.15, -0.1) is 0 Å². The number of benzene rings is 1. The van der Waals surface area contributed by atoms with Gasteiger partial charge in [-0.2, -0.15) is 0 Å². The zero-order valence-corrected chi connectivity index (χ0v) is 11.3. The number of methoxy groups -OCH3 is 1. The fourth-order valence-electron chi connectivity index (χ4n) is 2.13. The lowest BCUT2D eigenvalue weighted by Crippen LogP contribution is -2.36. The largest absolute Gasteiger partial charge is 0.383 e. The minimum Gasteiger partial charge on any atom is -0.383 e. The lowest BCUT2D eigenvalue weighted by molar-refractivity contribution is 0.122. The molecule has 0 atom stereocenters. The summed E-state index contributed by atoms with van der Waals surface area (Å²) in [6.45, 7) is 4.92. The number of hydrogen-bond donors (Lipinski definition) is 1. The van der Waals surface area contributed by atoms with Gasteiger partial charge in [0, 0.05) is 33.3 Å². The molecule has 1 saturated heterocycles. The molecule has 106 valence electrons. The Kier molecular flexibility index (Phi) is 5.57. The molecular formula is C14H21FN2O2. The van der Waals surface area contributed by atoms with Crippen molar-refractivity contribution in [2.75, 3.05) is 51.5 Å². The van der Waals surface area contributed by atoms with Crippen molar-refractivity contribution in [3.8, 4) is 0 Å². The zero-order chi connectivity index (χ0) is 13.5. The number of nitrogens with zero attached hydrogens (tertiary/aromatic N) is 1. The molecule has 19 heavy (non-hydrogen) atoms. The van der Waals surface area contributed by atoms with Gasteiger partial charge in [0.2, 0.25) is 0 Å². The highest BCUT2D eigenvalue weighted by molar-refractivity contribution is 5.49. The van der Waals surface area contributed by atoms with Crippen molar-refractivity contribution >= 4 is 5.69 Å². The predicted octanol–water partition coefficient (Wildman–Crippen LogP) is 1.40. The van der Waals surface area contributed by atoms with E-state index in [4.69, 9.17) is 9.47 Å². The smallest absolute Gasteiger partial charge is 0.146 e. The number of morpholine rings is 1. The quantitative estimate of drug-likeness (QED) is 0.791. The van der Waals surface area contributed by atoms with E-state index in [-0.39, 0.29) is 5.82 Å². The zero-order valence-electron chi connectivity index (χ0n) is 11.3. The molecule has 1 aliphatic heterocycles. The average Bonchev–Trinajstić information content (AvgIpc) is 2.45. The van der Waals surface area contributed by atoms with Crippen LogP contribution in [0.2, 0.25) is 0 Å². The summed E-state index contributed by atoms with van der Waals surface area (Å²) in [7, 11) is 1.67. The Morgan fingerprint density at radius 2 is 2.16 bits per heavy atom. The highest BCUT2D eigenvalue weighted by Gasteiger charge is 2.15. The van der Waals surface area contributed by atoms with Gasteiger partial charge in [0.05, 0.1) is 25.5 Å². The van der Waals surface area contributed by atoms with E-state index in [9.17, 15) is 4.39 Å². The van der Waals surface area contributed by atoms with Crippen LogP contribution in [0.1, 0.15) is 5.56 Å². The van der Waals surface area contributed by atoms with Crippen molar-refractivity contribution in [2.45, 2.75) is 6.54 Å². The van der Waals surface area contributed by atoms with E-state index in [2.05, 4.69) is 5.32 Å². The topological polar surface area (TPSA) is 33.7 Å². The van der Waals surface area contributed by atoms with Gasteiger partial charge in [0.25, 0.3) is 0 Å². The van der Waals surface area contributed by atoms with Crippen LogP contribution in [0.15, 0.2) is 18.2 Å². The predicted molar refractivity (Wildman–Crippen MR) is 73.0 cm³/mol. The molecule has 0 amide bonds. The van der Waals surface area contributed by atoms with Crippen molar-refractivity contribution in [1.29, 1.82) is 0 Å². The maximum atomic E-state index is 14.1. The first-order chi connectivity index (χ1) is 9.31. The average molecular weight is 268 g/mol. The second-order valence-electron chi connectivity index (χ2n) is 4.55. The summed E-state index contributed by atoms with van der Waals surface area (Å²) < 4.78 is 24.3. The number of nitrogens with one attached hydrogen (secondary N) is 1. The molecule has 4 nitrogen and oxygen atoms in total. The normalized spacial score (nSPS) is 15.8. The highest BCUT2D eigenvalue weighted by atomic mass is 19.1. The first-order valence-electron chi connectivity index (χ1n) is 6.62. The molecule has 0 spiro atoms. The molecule has 1 heterocycles. The van der Waals surface area contributed by atoms with Gasteiger partial charge in [0.15, 0.2) is 0 Å². The molecule has 0 saturated carbocycles. The fourth-order valence-corrected chi connectivity index (χ4v) is 2.13. The van der Waals surface area contributed by atoms with Crippen LogP contribution in [-0.2, 0) is 16.0 Å². The Morgan fingerprint density at radius 1 is 1.37 bits per heavy atom.